The minimum Gasteiger partial charge on any atom is -0.467 e. The highest BCUT2D eigenvalue weighted by molar-refractivity contribution is 5.92. The first-order valence-corrected chi connectivity index (χ1v) is 10.1. The van der Waals surface area contributed by atoms with Gasteiger partial charge in [0.15, 0.2) is 0 Å². The SMILES string of the molecule is COC(=O)[C@H](Cc1c[nH]c2ccccc12)NC(=O)C(Cc1ccccc1)NC(=O)CON. The molecule has 0 radical (unpaired) electrons. The van der Waals surface area contributed by atoms with Crippen LogP contribution in [0, 0.1) is 0 Å². The summed E-state index contributed by atoms with van der Waals surface area (Å²) in [5.74, 6) is 3.32. The summed E-state index contributed by atoms with van der Waals surface area (Å²) in [5, 5.41) is 6.28. The van der Waals surface area contributed by atoms with Crippen LogP contribution in [0.1, 0.15) is 11.1 Å². The summed E-state index contributed by atoms with van der Waals surface area (Å²) in [6.45, 7) is -0.395. The molecule has 0 aliphatic rings. The normalized spacial score (nSPS) is 12.7. The molecule has 2 amide bonds. The lowest BCUT2D eigenvalue weighted by atomic mass is 10.0. The van der Waals surface area contributed by atoms with Crippen LogP contribution >= 0.6 is 0 Å². The summed E-state index contributed by atoms with van der Waals surface area (Å²) in [7, 11) is 1.26. The van der Waals surface area contributed by atoms with Crippen LogP contribution in [0.5, 0.6) is 0 Å². The van der Waals surface area contributed by atoms with Crippen LogP contribution in [0.25, 0.3) is 10.9 Å². The largest absolute Gasteiger partial charge is 0.467 e. The number of rotatable bonds is 10. The predicted molar refractivity (Wildman–Crippen MR) is 118 cm³/mol. The summed E-state index contributed by atoms with van der Waals surface area (Å²) in [6, 6.07) is 15.0. The second-order valence-corrected chi connectivity index (χ2v) is 7.27. The first-order chi connectivity index (χ1) is 15.5. The van der Waals surface area contributed by atoms with Crippen molar-refractivity contribution < 1.29 is 24.0 Å². The molecule has 2 aromatic carbocycles. The average molecular weight is 438 g/mol. The number of benzene rings is 2. The number of para-hydroxylation sites is 1. The molecule has 32 heavy (non-hydrogen) atoms. The molecule has 1 heterocycles. The molecule has 3 aromatic rings. The quantitative estimate of drug-likeness (QED) is 0.275. The van der Waals surface area contributed by atoms with Gasteiger partial charge >= 0.3 is 5.97 Å². The van der Waals surface area contributed by atoms with Crippen molar-refractivity contribution in [1.82, 2.24) is 15.6 Å². The van der Waals surface area contributed by atoms with Gasteiger partial charge in [0.2, 0.25) is 11.8 Å². The van der Waals surface area contributed by atoms with Crippen LogP contribution in [-0.2, 0) is 36.8 Å². The third-order valence-electron chi connectivity index (χ3n) is 5.05. The number of nitrogens with one attached hydrogen (secondary N) is 3. The van der Waals surface area contributed by atoms with Gasteiger partial charge in [-0.1, -0.05) is 48.5 Å². The Hall–Kier alpha value is -3.69. The first-order valence-electron chi connectivity index (χ1n) is 10.1. The number of hydrogen-bond acceptors (Lipinski definition) is 6. The second-order valence-electron chi connectivity index (χ2n) is 7.27. The Morgan fingerprint density at radius 1 is 0.969 bits per heavy atom. The van der Waals surface area contributed by atoms with Crippen LogP contribution in [0.3, 0.4) is 0 Å². The van der Waals surface area contributed by atoms with E-state index in [-0.39, 0.29) is 12.8 Å². The van der Waals surface area contributed by atoms with Gasteiger partial charge in [-0.2, -0.15) is 0 Å². The Morgan fingerprint density at radius 3 is 2.41 bits per heavy atom. The van der Waals surface area contributed by atoms with E-state index >= 15 is 0 Å². The smallest absolute Gasteiger partial charge is 0.328 e. The summed E-state index contributed by atoms with van der Waals surface area (Å²) in [6.07, 6.45) is 2.25. The van der Waals surface area contributed by atoms with Crippen molar-refractivity contribution in [3.05, 3.63) is 71.9 Å². The van der Waals surface area contributed by atoms with Gasteiger partial charge < -0.3 is 20.4 Å². The number of carbonyl (C=O) groups excluding carboxylic acids is 3. The Morgan fingerprint density at radius 2 is 1.69 bits per heavy atom. The van der Waals surface area contributed by atoms with Crippen LogP contribution in [0.2, 0.25) is 0 Å². The number of fused-ring (bicyclic) bond motifs is 1. The lowest BCUT2D eigenvalue weighted by molar-refractivity contribution is -0.145. The maximum atomic E-state index is 13.1. The molecule has 0 fully saturated rings. The second kappa shape index (κ2) is 11.1. The molecule has 2 atom stereocenters. The molecule has 3 rings (SSSR count). The van der Waals surface area contributed by atoms with Gasteiger partial charge in [-0.3, -0.25) is 14.4 Å². The number of aromatic nitrogens is 1. The van der Waals surface area contributed by atoms with Crippen molar-refractivity contribution in [1.29, 1.82) is 0 Å². The minimum atomic E-state index is -0.937. The highest BCUT2D eigenvalue weighted by Crippen LogP contribution is 2.19. The van der Waals surface area contributed by atoms with Gasteiger partial charge in [0, 0.05) is 29.9 Å². The number of methoxy groups -OCH3 is 1. The number of esters is 1. The molecule has 9 heteroatoms. The molecule has 0 aliphatic carbocycles. The molecular weight excluding hydrogens is 412 g/mol. The Bertz CT molecular complexity index is 1070. The molecule has 0 spiro atoms. The van der Waals surface area contributed by atoms with Crippen LogP contribution in [-0.4, -0.2) is 48.6 Å². The van der Waals surface area contributed by atoms with Gasteiger partial charge in [0.05, 0.1) is 7.11 Å². The van der Waals surface area contributed by atoms with Crippen molar-refractivity contribution >= 4 is 28.7 Å². The van der Waals surface area contributed by atoms with Crippen LogP contribution in [0.15, 0.2) is 60.8 Å². The third kappa shape index (κ3) is 5.93. The Labute approximate surface area is 185 Å². The van der Waals surface area contributed by atoms with E-state index in [1.165, 1.54) is 7.11 Å². The minimum absolute atomic E-state index is 0.223. The first kappa shape index (κ1) is 23.0. The van der Waals surface area contributed by atoms with Gasteiger partial charge in [-0.15, -0.1) is 0 Å². The zero-order chi connectivity index (χ0) is 22.9. The van der Waals surface area contributed by atoms with Crippen molar-refractivity contribution in [3.8, 4) is 0 Å². The van der Waals surface area contributed by atoms with Crippen molar-refractivity contribution in [2.24, 2.45) is 5.90 Å². The fourth-order valence-corrected chi connectivity index (χ4v) is 3.50. The van der Waals surface area contributed by atoms with Crippen LogP contribution in [0.4, 0.5) is 0 Å². The molecule has 0 bridgehead atoms. The van der Waals surface area contributed by atoms with Gasteiger partial charge in [-0.25, -0.2) is 10.7 Å². The van der Waals surface area contributed by atoms with E-state index < -0.39 is 36.5 Å². The zero-order valence-electron chi connectivity index (χ0n) is 17.7. The van der Waals surface area contributed by atoms with Crippen molar-refractivity contribution in [3.63, 3.8) is 0 Å². The maximum Gasteiger partial charge on any atom is 0.328 e. The molecule has 5 N–H and O–H groups in total. The van der Waals surface area contributed by atoms with Gasteiger partial charge in [-0.05, 0) is 17.2 Å². The van der Waals surface area contributed by atoms with Gasteiger partial charge in [0.25, 0.3) is 0 Å². The van der Waals surface area contributed by atoms with E-state index in [0.29, 0.717) is 0 Å². The highest BCUT2D eigenvalue weighted by Gasteiger charge is 2.28. The summed E-state index contributed by atoms with van der Waals surface area (Å²) >= 11 is 0. The fraction of sp³-hybridized carbons (Fsp3) is 0.261. The lowest BCUT2D eigenvalue weighted by Crippen LogP contribution is -2.53. The molecular formula is C23H26N4O5. The monoisotopic (exact) mass is 438 g/mol. The summed E-state index contributed by atoms with van der Waals surface area (Å²) in [4.78, 5) is 45.1. The van der Waals surface area contributed by atoms with E-state index in [0.717, 1.165) is 22.0 Å². The summed E-state index contributed by atoms with van der Waals surface area (Å²) < 4.78 is 4.90. The van der Waals surface area contributed by atoms with E-state index in [1.807, 2.05) is 54.6 Å². The summed E-state index contributed by atoms with van der Waals surface area (Å²) in [5.41, 5.74) is 2.62. The van der Waals surface area contributed by atoms with Crippen LogP contribution < -0.4 is 16.5 Å². The van der Waals surface area contributed by atoms with E-state index in [9.17, 15) is 14.4 Å². The standard InChI is InChI=1S/C23H26N4O5/c1-31-23(30)20(12-16-13-25-18-10-6-5-9-17(16)18)27-22(29)19(26-21(28)14-32-24)11-15-7-3-2-4-8-15/h2-10,13,19-20,25H,11-12,14,24H2,1H3,(H,26,28)(H,27,29)/t19?,20-/m0/s1. The number of nitrogens with two attached hydrogens (primary N) is 1. The topological polar surface area (TPSA) is 136 Å². The molecule has 0 saturated carbocycles. The van der Waals surface area contributed by atoms with E-state index in [1.54, 1.807) is 6.20 Å². The number of carbonyl (C=O) groups is 3. The number of ether oxygens (including phenoxy) is 1. The molecule has 1 unspecified atom stereocenters. The number of amides is 2. The molecule has 9 nitrogen and oxygen atoms in total. The van der Waals surface area contributed by atoms with Crippen molar-refractivity contribution in [2.75, 3.05) is 13.7 Å². The average Bonchev–Trinajstić information content (AvgIpc) is 3.21. The van der Waals surface area contributed by atoms with E-state index in [4.69, 9.17) is 10.6 Å². The maximum absolute atomic E-state index is 13.1. The molecule has 168 valence electrons. The lowest BCUT2D eigenvalue weighted by Gasteiger charge is -2.22. The Balaban J connectivity index is 1.79. The fourth-order valence-electron chi connectivity index (χ4n) is 3.50. The number of aromatic amines is 1. The number of H-pyrrole nitrogens is 1. The molecule has 0 aliphatic heterocycles. The third-order valence-corrected chi connectivity index (χ3v) is 5.05. The van der Waals surface area contributed by atoms with E-state index in [2.05, 4.69) is 20.5 Å². The number of hydrogen-bond donors (Lipinski definition) is 4. The predicted octanol–water partition coefficient (Wildman–Crippen LogP) is 0.986. The molecule has 0 saturated heterocycles. The van der Waals surface area contributed by atoms with Crippen molar-refractivity contribution in [2.45, 2.75) is 24.9 Å². The highest BCUT2D eigenvalue weighted by atomic mass is 16.6. The van der Waals surface area contributed by atoms with Gasteiger partial charge in [0.1, 0.15) is 18.7 Å². The zero-order valence-corrected chi connectivity index (χ0v) is 17.7. The molecule has 1 aromatic heterocycles. The Kier molecular flexibility index (Phi) is 7.96.